The molecule has 1 N–H and O–H groups in total. The minimum atomic E-state index is -4.62. The van der Waals surface area contributed by atoms with E-state index in [2.05, 4.69) is 0 Å². The minimum absolute atomic E-state index is 0.00416. The number of carbonyl (C=O) groups excluding carboxylic acids is 1. The maximum atomic E-state index is 13.0. The van der Waals surface area contributed by atoms with Crippen molar-refractivity contribution in [2.75, 3.05) is 13.1 Å². The second-order valence-electron chi connectivity index (χ2n) is 6.52. The smallest absolute Gasteiger partial charge is 0.394 e. The second-order valence-corrected chi connectivity index (χ2v) is 6.52. The highest BCUT2D eigenvalue weighted by atomic mass is 19.4. The van der Waals surface area contributed by atoms with E-state index in [0.29, 0.717) is 0 Å². The predicted molar refractivity (Wildman–Crippen MR) is 79.4 cm³/mol. The zero-order valence-corrected chi connectivity index (χ0v) is 13.0. The second kappa shape index (κ2) is 6.11. The average molecular weight is 341 g/mol. The zero-order chi connectivity index (χ0) is 17.5. The molecule has 0 bridgehead atoms. The Morgan fingerprint density at radius 3 is 2.50 bits per heavy atom. The minimum Gasteiger partial charge on any atom is -0.481 e. The van der Waals surface area contributed by atoms with E-state index in [1.54, 1.807) is 0 Å². The molecule has 2 aliphatic rings. The van der Waals surface area contributed by atoms with Gasteiger partial charge < -0.3 is 10.0 Å². The molecule has 3 rings (SSSR count). The van der Waals surface area contributed by atoms with E-state index in [0.717, 1.165) is 29.7 Å². The number of likely N-dealkylation sites (tertiary alicyclic amines) is 1. The number of hydrogen-bond donors (Lipinski definition) is 1. The van der Waals surface area contributed by atoms with Gasteiger partial charge in [-0.3, -0.25) is 9.59 Å². The molecule has 0 spiro atoms. The summed E-state index contributed by atoms with van der Waals surface area (Å²) in [6.07, 6.45) is -1.57. The number of aliphatic carboxylic acids is 1. The molecule has 0 radical (unpaired) electrons. The van der Waals surface area contributed by atoms with Gasteiger partial charge in [-0.1, -0.05) is 18.2 Å². The molecule has 0 saturated carbocycles. The molecule has 130 valence electrons. The summed E-state index contributed by atoms with van der Waals surface area (Å²) in [5, 5.41) is 9.00. The van der Waals surface area contributed by atoms with Crippen molar-refractivity contribution in [3.8, 4) is 0 Å². The molecule has 1 heterocycles. The van der Waals surface area contributed by atoms with E-state index in [1.807, 2.05) is 18.2 Å². The van der Waals surface area contributed by atoms with Crippen LogP contribution in [0, 0.1) is 11.8 Å². The lowest BCUT2D eigenvalue weighted by Crippen LogP contribution is -2.34. The van der Waals surface area contributed by atoms with Gasteiger partial charge in [0.25, 0.3) is 0 Å². The number of carboxylic acid groups (broad SMARTS) is 1. The normalized spacial score (nSPS) is 23.4. The lowest BCUT2D eigenvalue weighted by atomic mass is 9.96. The number of halogens is 3. The number of amides is 1. The highest BCUT2D eigenvalue weighted by Gasteiger charge is 2.53. The van der Waals surface area contributed by atoms with Crippen LogP contribution in [-0.2, 0) is 28.9 Å². The fourth-order valence-corrected chi connectivity index (χ4v) is 3.61. The molecule has 2 atom stereocenters. The van der Waals surface area contributed by atoms with E-state index in [9.17, 15) is 22.8 Å². The van der Waals surface area contributed by atoms with E-state index in [-0.39, 0.29) is 13.0 Å². The van der Waals surface area contributed by atoms with Gasteiger partial charge in [-0.15, -0.1) is 0 Å². The summed E-state index contributed by atoms with van der Waals surface area (Å²) in [6, 6.07) is 5.73. The molecule has 1 saturated heterocycles. The van der Waals surface area contributed by atoms with Gasteiger partial charge in [0.15, 0.2) is 0 Å². The van der Waals surface area contributed by atoms with Gasteiger partial charge in [-0.05, 0) is 36.0 Å². The Morgan fingerprint density at radius 1 is 1.17 bits per heavy atom. The number of rotatable bonds is 3. The number of benzene rings is 1. The fraction of sp³-hybridized carbons (Fsp3) is 0.529. The summed E-state index contributed by atoms with van der Waals surface area (Å²) in [7, 11) is 0. The van der Waals surface area contributed by atoms with Gasteiger partial charge in [-0.2, -0.15) is 13.2 Å². The number of alkyl halides is 3. The van der Waals surface area contributed by atoms with Gasteiger partial charge >= 0.3 is 12.1 Å². The number of hydrogen-bond acceptors (Lipinski definition) is 2. The van der Waals surface area contributed by atoms with E-state index in [4.69, 9.17) is 5.11 Å². The Balaban J connectivity index is 1.70. The Hall–Kier alpha value is -2.05. The fourth-order valence-electron chi connectivity index (χ4n) is 3.61. The molecular formula is C17H18F3NO3. The third kappa shape index (κ3) is 3.25. The molecule has 7 heteroatoms. The lowest BCUT2D eigenvalue weighted by molar-refractivity contribution is -0.188. The van der Waals surface area contributed by atoms with Crippen molar-refractivity contribution >= 4 is 11.9 Å². The van der Waals surface area contributed by atoms with E-state index >= 15 is 0 Å². The zero-order valence-electron chi connectivity index (χ0n) is 13.0. The molecule has 1 aliphatic carbocycles. The number of aryl methyl sites for hydroxylation is 2. The van der Waals surface area contributed by atoms with Gasteiger partial charge in [0.1, 0.15) is 0 Å². The summed E-state index contributed by atoms with van der Waals surface area (Å²) in [5.74, 6) is -5.55. The molecule has 1 aliphatic heterocycles. The van der Waals surface area contributed by atoms with Crippen LogP contribution in [0.2, 0.25) is 0 Å². The van der Waals surface area contributed by atoms with Gasteiger partial charge in [0, 0.05) is 13.1 Å². The van der Waals surface area contributed by atoms with Crippen LogP contribution in [0.1, 0.15) is 23.1 Å². The number of nitrogens with zero attached hydrogens (tertiary/aromatic N) is 1. The first-order chi connectivity index (χ1) is 11.3. The summed E-state index contributed by atoms with van der Waals surface area (Å²) >= 11 is 0. The maximum Gasteiger partial charge on any atom is 0.394 e. The van der Waals surface area contributed by atoms with Crippen molar-refractivity contribution in [1.29, 1.82) is 0 Å². The van der Waals surface area contributed by atoms with Crippen LogP contribution in [-0.4, -0.2) is 41.1 Å². The quantitative estimate of drug-likeness (QED) is 0.919. The molecule has 1 aromatic carbocycles. The summed E-state index contributed by atoms with van der Waals surface area (Å²) in [5.41, 5.74) is 3.22. The predicted octanol–water partition coefficient (Wildman–Crippen LogP) is 2.44. The standard InChI is InChI=1S/C17H18F3NO3/c18-17(19,20)14-9-21(8-13(14)16(23)24)15(22)7-10-4-5-11-2-1-3-12(11)6-10/h4-6,13-14H,1-3,7-9H2,(H,23,24)/t13-,14-/m1/s1. The van der Waals surface area contributed by atoms with Gasteiger partial charge in [0.2, 0.25) is 5.91 Å². The van der Waals surface area contributed by atoms with Crippen LogP contribution in [0.15, 0.2) is 18.2 Å². The molecule has 1 fully saturated rings. The summed E-state index contributed by atoms with van der Waals surface area (Å²) in [4.78, 5) is 24.4. The van der Waals surface area contributed by atoms with Crippen LogP contribution in [0.25, 0.3) is 0 Å². The summed E-state index contributed by atoms with van der Waals surface area (Å²) in [6.45, 7) is -0.965. The molecule has 1 aromatic rings. The highest BCUT2D eigenvalue weighted by Crippen LogP contribution is 2.38. The third-order valence-electron chi connectivity index (χ3n) is 4.93. The first kappa shape index (κ1) is 16.8. The van der Waals surface area contributed by atoms with Crippen LogP contribution < -0.4 is 0 Å². The summed E-state index contributed by atoms with van der Waals surface area (Å²) < 4.78 is 39.0. The number of carboxylic acids is 1. The van der Waals surface area contributed by atoms with Crippen LogP contribution >= 0.6 is 0 Å². The highest BCUT2D eigenvalue weighted by molar-refractivity contribution is 5.81. The molecular weight excluding hydrogens is 323 g/mol. The largest absolute Gasteiger partial charge is 0.481 e. The van der Waals surface area contributed by atoms with Gasteiger partial charge in [0.05, 0.1) is 18.3 Å². The van der Waals surface area contributed by atoms with Crippen molar-refractivity contribution < 1.29 is 27.9 Å². The Bertz CT molecular complexity index is 672. The first-order valence-electron chi connectivity index (χ1n) is 7.93. The van der Waals surface area contributed by atoms with Crippen molar-refractivity contribution in [1.82, 2.24) is 4.90 Å². The van der Waals surface area contributed by atoms with Crippen molar-refractivity contribution in [3.63, 3.8) is 0 Å². The van der Waals surface area contributed by atoms with E-state index in [1.165, 1.54) is 11.1 Å². The number of carbonyl (C=O) groups is 2. The number of fused-ring (bicyclic) bond motifs is 1. The Morgan fingerprint density at radius 2 is 1.88 bits per heavy atom. The van der Waals surface area contributed by atoms with Gasteiger partial charge in [-0.25, -0.2) is 0 Å². The van der Waals surface area contributed by atoms with Crippen LogP contribution in [0.5, 0.6) is 0 Å². The third-order valence-corrected chi connectivity index (χ3v) is 4.93. The molecule has 24 heavy (non-hydrogen) atoms. The van der Waals surface area contributed by atoms with Crippen molar-refractivity contribution in [2.24, 2.45) is 11.8 Å². The van der Waals surface area contributed by atoms with E-state index < -0.39 is 36.4 Å². The van der Waals surface area contributed by atoms with Crippen LogP contribution in [0.3, 0.4) is 0 Å². The van der Waals surface area contributed by atoms with Crippen molar-refractivity contribution in [2.45, 2.75) is 31.9 Å². The Kier molecular flexibility index (Phi) is 4.27. The van der Waals surface area contributed by atoms with Crippen LogP contribution in [0.4, 0.5) is 13.2 Å². The maximum absolute atomic E-state index is 13.0. The average Bonchev–Trinajstić information content (AvgIpc) is 3.13. The monoisotopic (exact) mass is 341 g/mol. The first-order valence-corrected chi connectivity index (χ1v) is 7.93. The molecule has 0 aromatic heterocycles. The molecule has 0 unspecified atom stereocenters. The SMILES string of the molecule is O=C(O)[C@@H]1CN(C(=O)Cc2ccc3c(c2)CCC3)C[C@H]1C(F)(F)F. The topological polar surface area (TPSA) is 57.6 Å². The Labute approximate surface area is 137 Å². The molecule has 4 nitrogen and oxygen atoms in total. The molecule has 1 amide bonds. The lowest BCUT2D eigenvalue weighted by Gasteiger charge is -2.18. The van der Waals surface area contributed by atoms with Crippen molar-refractivity contribution in [3.05, 3.63) is 34.9 Å².